The van der Waals surface area contributed by atoms with Gasteiger partial charge < -0.3 is 16.0 Å². The van der Waals surface area contributed by atoms with Gasteiger partial charge in [-0.05, 0) is 74.1 Å². The number of nitrogens with zero attached hydrogens (tertiary/aromatic N) is 1. The van der Waals surface area contributed by atoms with Crippen LogP contribution in [0.15, 0.2) is 48.8 Å². The van der Waals surface area contributed by atoms with Crippen molar-refractivity contribution in [2.75, 3.05) is 19.6 Å². The number of piperidine rings is 1. The largest absolute Gasteiger partial charge is 0.416 e. The van der Waals surface area contributed by atoms with E-state index in [1.54, 1.807) is 24.5 Å². The maximum atomic E-state index is 13.6. The van der Waals surface area contributed by atoms with Crippen LogP contribution in [0.4, 0.5) is 13.2 Å². The molecule has 1 unspecified atom stereocenters. The van der Waals surface area contributed by atoms with E-state index < -0.39 is 23.7 Å². The minimum atomic E-state index is -4.53. The van der Waals surface area contributed by atoms with Crippen LogP contribution in [0.25, 0.3) is 0 Å². The van der Waals surface area contributed by atoms with Crippen LogP contribution in [-0.4, -0.2) is 30.5 Å². The van der Waals surface area contributed by atoms with Crippen LogP contribution < -0.4 is 16.0 Å². The second kappa shape index (κ2) is 10.5. The molecule has 0 saturated carbocycles. The number of halogens is 3. The first-order valence-electron chi connectivity index (χ1n) is 10.2. The van der Waals surface area contributed by atoms with Crippen molar-refractivity contribution in [2.45, 2.75) is 38.0 Å². The zero-order valence-electron chi connectivity index (χ0n) is 16.7. The molecule has 1 fully saturated rings. The quantitative estimate of drug-likeness (QED) is 0.612. The molecule has 3 rings (SSSR count). The molecule has 1 aromatic heterocycles. The third kappa shape index (κ3) is 6.27. The van der Waals surface area contributed by atoms with Crippen molar-refractivity contribution >= 4 is 5.91 Å². The highest BCUT2D eigenvalue weighted by Gasteiger charge is 2.36. The van der Waals surface area contributed by atoms with Crippen molar-refractivity contribution in [1.82, 2.24) is 20.9 Å². The fourth-order valence-electron chi connectivity index (χ4n) is 3.74. The molecule has 1 saturated heterocycles. The van der Waals surface area contributed by atoms with Crippen molar-refractivity contribution < 1.29 is 18.0 Å². The Morgan fingerprint density at radius 1 is 1.13 bits per heavy atom. The Morgan fingerprint density at radius 2 is 1.83 bits per heavy atom. The summed E-state index contributed by atoms with van der Waals surface area (Å²) in [5.74, 6) is 0.0333. The van der Waals surface area contributed by atoms with Gasteiger partial charge in [0.1, 0.15) is 6.04 Å². The topological polar surface area (TPSA) is 66.0 Å². The molecule has 162 valence electrons. The molecule has 0 radical (unpaired) electrons. The molecule has 1 amide bonds. The normalized spacial score (nSPS) is 16.2. The number of benzene rings is 1. The standard InChI is InChI=1S/C22H27F3N4O/c23-22(24,25)19-4-2-1-3-18(19)20(28-14-9-16-5-10-26-11-6-16)21(30)29-15-17-7-12-27-13-8-17/h1-4,7-8,12-13,16,20,26,28H,5-6,9-11,14-15H2,(H,29,30). The highest BCUT2D eigenvalue weighted by Crippen LogP contribution is 2.34. The predicted molar refractivity (Wildman–Crippen MR) is 108 cm³/mol. The third-order valence-corrected chi connectivity index (χ3v) is 5.42. The minimum Gasteiger partial charge on any atom is -0.350 e. The van der Waals surface area contributed by atoms with Gasteiger partial charge in [0.15, 0.2) is 0 Å². The van der Waals surface area contributed by atoms with Crippen LogP contribution in [0, 0.1) is 5.92 Å². The summed E-state index contributed by atoms with van der Waals surface area (Å²) in [4.78, 5) is 16.8. The van der Waals surface area contributed by atoms with E-state index in [9.17, 15) is 18.0 Å². The second-order valence-corrected chi connectivity index (χ2v) is 7.53. The minimum absolute atomic E-state index is 0.0532. The second-order valence-electron chi connectivity index (χ2n) is 7.53. The summed E-state index contributed by atoms with van der Waals surface area (Å²) in [5, 5.41) is 9.15. The number of amides is 1. The number of hydrogen-bond acceptors (Lipinski definition) is 4. The summed E-state index contributed by atoms with van der Waals surface area (Å²) in [6, 6.07) is 7.69. The van der Waals surface area contributed by atoms with E-state index in [2.05, 4.69) is 20.9 Å². The molecule has 1 aromatic carbocycles. The van der Waals surface area contributed by atoms with Gasteiger partial charge in [-0.2, -0.15) is 13.2 Å². The lowest BCUT2D eigenvalue weighted by molar-refractivity contribution is -0.138. The van der Waals surface area contributed by atoms with Gasteiger partial charge >= 0.3 is 6.18 Å². The Labute approximate surface area is 174 Å². The van der Waals surface area contributed by atoms with Gasteiger partial charge in [-0.15, -0.1) is 0 Å². The summed E-state index contributed by atoms with van der Waals surface area (Å²) in [6.45, 7) is 2.61. The van der Waals surface area contributed by atoms with Crippen molar-refractivity contribution in [3.05, 3.63) is 65.5 Å². The smallest absolute Gasteiger partial charge is 0.350 e. The molecule has 1 atom stereocenters. The molecule has 0 spiro atoms. The summed E-state index contributed by atoms with van der Waals surface area (Å²) in [7, 11) is 0. The third-order valence-electron chi connectivity index (χ3n) is 5.42. The van der Waals surface area contributed by atoms with Crippen LogP contribution in [0.1, 0.15) is 42.0 Å². The molecule has 0 aliphatic carbocycles. The number of nitrogens with one attached hydrogen (secondary N) is 3. The van der Waals surface area contributed by atoms with Crippen molar-refractivity contribution in [3.63, 3.8) is 0 Å². The van der Waals surface area contributed by atoms with Gasteiger partial charge in [-0.25, -0.2) is 0 Å². The fourth-order valence-corrected chi connectivity index (χ4v) is 3.74. The highest BCUT2D eigenvalue weighted by molar-refractivity contribution is 5.83. The van der Waals surface area contributed by atoms with Gasteiger partial charge in [0.05, 0.1) is 5.56 Å². The number of alkyl halides is 3. The van der Waals surface area contributed by atoms with Gasteiger partial charge in [-0.1, -0.05) is 18.2 Å². The van der Waals surface area contributed by atoms with Crippen LogP contribution in [0.3, 0.4) is 0 Å². The van der Waals surface area contributed by atoms with Crippen LogP contribution in [0.5, 0.6) is 0 Å². The lowest BCUT2D eigenvalue weighted by Gasteiger charge is -2.25. The van der Waals surface area contributed by atoms with E-state index in [-0.39, 0.29) is 12.1 Å². The van der Waals surface area contributed by atoms with E-state index in [0.717, 1.165) is 44.0 Å². The lowest BCUT2D eigenvalue weighted by atomic mass is 9.94. The molecular formula is C22H27F3N4O. The number of rotatable bonds is 8. The number of aromatic nitrogens is 1. The SMILES string of the molecule is O=C(NCc1ccncc1)C(NCCC1CCNCC1)c1ccccc1C(F)(F)F. The molecule has 8 heteroatoms. The van der Waals surface area contributed by atoms with Crippen molar-refractivity contribution in [1.29, 1.82) is 0 Å². The molecule has 3 N–H and O–H groups in total. The maximum Gasteiger partial charge on any atom is 0.416 e. The van der Waals surface area contributed by atoms with E-state index in [4.69, 9.17) is 0 Å². The molecule has 2 aromatic rings. The predicted octanol–water partition coefficient (Wildman–Crippen LogP) is 3.44. The van der Waals surface area contributed by atoms with Crippen molar-refractivity contribution in [2.24, 2.45) is 5.92 Å². The summed E-state index contributed by atoms with van der Waals surface area (Å²) in [5.41, 5.74) is -0.0121. The van der Waals surface area contributed by atoms with Gasteiger partial charge in [0, 0.05) is 18.9 Å². The van der Waals surface area contributed by atoms with Crippen molar-refractivity contribution in [3.8, 4) is 0 Å². The molecular weight excluding hydrogens is 393 g/mol. The summed E-state index contributed by atoms with van der Waals surface area (Å²) < 4.78 is 40.7. The summed E-state index contributed by atoms with van der Waals surface area (Å²) >= 11 is 0. The number of hydrogen-bond donors (Lipinski definition) is 3. The summed E-state index contributed by atoms with van der Waals surface area (Å²) in [6.07, 6.45) is 1.59. The Hall–Kier alpha value is -2.45. The molecule has 2 heterocycles. The number of carbonyl (C=O) groups excluding carboxylic acids is 1. The monoisotopic (exact) mass is 420 g/mol. The average molecular weight is 420 g/mol. The van der Waals surface area contributed by atoms with E-state index in [0.29, 0.717) is 12.5 Å². The Bertz CT molecular complexity index is 808. The number of carbonyl (C=O) groups is 1. The lowest BCUT2D eigenvalue weighted by Crippen LogP contribution is -2.39. The van der Waals surface area contributed by atoms with E-state index >= 15 is 0 Å². The first-order valence-corrected chi connectivity index (χ1v) is 10.2. The maximum absolute atomic E-state index is 13.6. The molecule has 30 heavy (non-hydrogen) atoms. The zero-order chi connectivity index (χ0) is 21.4. The zero-order valence-corrected chi connectivity index (χ0v) is 16.7. The van der Waals surface area contributed by atoms with E-state index in [1.807, 2.05) is 0 Å². The van der Waals surface area contributed by atoms with Gasteiger partial charge in [0.25, 0.3) is 0 Å². The Morgan fingerprint density at radius 3 is 2.53 bits per heavy atom. The molecule has 0 bridgehead atoms. The van der Waals surface area contributed by atoms with Gasteiger partial charge in [-0.3, -0.25) is 9.78 Å². The molecule has 1 aliphatic rings. The molecule has 5 nitrogen and oxygen atoms in total. The molecule has 1 aliphatic heterocycles. The average Bonchev–Trinajstić information content (AvgIpc) is 2.76. The Balaban J connectivity index is 1.73. The van der Waals surface area contributed by atoms with E-state index in [1.165, 1.54) is 18.2 Å². The number of pyridine rings is 1. The fraction of sp³-hybridized carbons (Fsp3) is 0.455. The van der Waals surface area contributed by atoms with Crippen LogP contribution >= 0.6 is 0 Å². The highest BCUT2D eigenvalue weighted by atomic mass is 19.4. The van der Waals surface area contributed by atoms with Gasteiger partial charge in [0.2, 0.25) is 5.91 Å². The van der Waals surface area contributed by atoms with Crippen LogP contribution in [-0.2, 0) is 17.5 Å². The van der Waals surface area contributed by atoms with Crippen LogP contribution in [0.2, 0.25) is 0 Å². The first kappa shape index (κ1) is 22.2. The first-order chi connectivity index (χ1) is 14.4. The Kier molecular flexibility index (Phi) is 7.81.